The number of hydrogen-bond acceptors (Lipinski definition) is 7. The van der Waals surface area contributed by atoms with Crippen molar-refractivity contribution in [3.05, 3.63) is 41.5 Å². The van der Waals surface area contributed by atoms with Crippen LogP contribution in [-0.2, 0) is 13.0 Å². The van der Waals surface area contributed by atoms with Gasteiger partial charge in [-0.3, -0.25) is 4.90 Å². The van der Waals surface area contributed by atoms with Crippen molar-refractivity contribution in [3.8, 4) is 5.75 Å². The fourth-order valence-corrected chi connectivity index (χ4v) is 5.15. The molecule has 2 fully saturated rings. The van der Waals surface area contributed by atoms with Gasteiger partial charge in [0.25, 0.3) is 0 Å². The highest BCUT2D eigenvalue weighted by Gasteiger charge is 2.18. The van der Waals surface area contributed by atoms with Gasteiger partial charge in [-0.15, -0.1) is 0 Å². The van der Waals surface area contributed by atoms with E-state index in [0.29, 0.717) is 0 Å². The molecule has 0 saturated carbocycles. The zero-order valence-corrected chi connectivity index (χ0v) is 19.8. The minimum atomic E-state index is 0.788. The van der Waals surface area contributed by atoms with Crippen LogP contribution in [0.2, 0.25) is 0 Å². The second-order valence-corrected chi connectivity index (χ2v) is 9.40. The Morgan fingerprint density at radius 3 is 2.76 bits per heavy atom. The van der Waals surface area contributed by atoms with Gasteiger partial charge < -0.3 is 19.8 Å². The fourth-order valence-electron chi connectivity index (χ4n) is 5.15. The average Bonchev–Trinajstić information content (AvgIpc) is 3.49. The van der Waals surface area contributed by atoms with Gasteiger partial charge in [0.05, 0.1) is 24.7 Å². The van der Waals surface area contributed by atoms with Gasteiger partial charge in [-0.1, -0.05) is 0 Å². The van der Waals surface area contributed by atoms with Crippen LogP contribution in [0.3, 0.4) is 0 Å². The molecule has 0 amide bonds. The first-order valence-electron chi connectivity index (χ1n) is 12.3. The number of furan rings is 1. The summed E-state index contributed by atoms with van der Waals surface area (Å²) in [5, 5.41) is 7.94. The quantitative estimate of drug-likeness (QED) is 0.511. The van der Waals surface area contributed by atoms with Gasteiger partial charge >= 0.3 is 0 Å². The van der Waals surface area contributed by atoms with Crippen LogP contribution in [0.5, 0.6) is 5.75 Å². The third kappa shape index (κ3) is 5.31. The summed E-state index contributed by atoms with van der Waals surface area (Å²) < 4.78 is 11.9. The predicted molar refractivity (Wildman–Crippen MR) is 131 cm³/mol. The molecule has 0 radical (unpaired) electrons. The van der Waals surface area contributed by atoms with Crippen LogP contribution >= 0.6 is 0 Å². The highest BCUT2D eigenvalue weighted by atomic mass is 16.5. The van der Waals surface area contributed by atoms with E-state index in [4.69, 9.17) is 14.1 Å². The number of hydrogen-bond donors (Lipinski definition) is 2. The van der Waals surface area contributed by atoms with Crippen molar-refractivity contribution in [1.82, 2.24) is 20.2 Å². The van der Waals surface area contributed by atoms with Crippen molar-refractivity contribution in [1.29, 1.82) is 0 Å². The lowest BCUT2D eigenvalue weighted by molar-refractivity contribution is 0.302. The molecule has 0 unspecified atom stereocenters. The molecule has 3 aromatic rings. The molecule has 5 rings (SSSR count). The van der Waals surface area contributed by atoms with Crippen molar-refractivity contribution < 1.29 is 9.15 Å². The van der Waals surface area contributed by atoms with Crippen molar-refractivity contribution >= 4 is 22.5 Å². The maximum absolute atomic E-state index is 6.33. The normalized spacial score (nSPS) is 17.6. The lowest BCUT2D eigenvalue weighted by Gasteiger charge is -2.22. The summed E-state index contributed by atoms with van der Waals surface area (Å²) in [6, 6.07) is 8.20. The molecular formula is C26H35N5O2. The van der Waals surface area contributed by atoms with E-state index < -0.39 is 0 Å². The minimum absolute atomic E-state index is 0.788. The third-order valence-electron chi connectivity index (χ3n) is 6.91. The van der Waals surface area contributed by atoms with E-state index in [1.165, 1.54) is 32.1 Å². The van der Waals surface area contributed by atoms with E-state index in [2.05, 4.69) is 32.7 Å². The summed E-state index contributed by atoms with van der Waals surface area (Å²) in [4.78, 5) is 11.8. The van der Waals surface area contributed by atoms with Crippen molar-refractivity contribution in [2.75, 3.05) is 38.6 Å². The van der Waals surface area contributed by atoms with E-state index in [9.17, 15) is 0 Å². The van der Waals surface area contributed by atoms with Gasteiger partial charge in [0, 0.05) is 11.8 Å². The standard InChI is InChI=1S/C26H35N5O2/c1-18-28-20(6-5-19-9-11-27-12-10-19)15-25(29-18)30-23-7-8-24(32-2)22-16-21(33-26(22)23)17-31-13-3-4-14-31/h7-8,15-16,19,27H,3-6,9-14,17H2,1-2H3,(H,28,29,30). The first-order chi connectivity index (χ1) is 16.2. The molecular weight excluding hydrogens is 414 g/mol. The summed E-state index contributed by atoms with van der Waals surface area (Å²) in [7, 11) is 1.71. The molecule has 2 aromatic heterocycles. The SMILES string of the molecule is COc1ccc(Nc2cc(CCC3CCNCC3)nc(C)n2)c2oc(CN3CCCC3)cc12. The van der Waals surface area contributed by atoms with Crippen molar-refractivity contribution in [3.63, 3.8) is 0 Å². The van der Waals surface area contributed by atoms with Crippen LogP contribution in [0.15, 0.2) is 28.7 Å². The number of nitrogens with one attached hydrogen (secondary N) is 2. The third-order valence-corrected chi connectivity index (χ3v) is 6.91. The minimum Gasteiger partial charge on any atom is -0.496 e. The van der Waals surface area contributed by atoms with E-state index >= 15 is 0 Å². The highest BCUT2D eigenvalue weighted by Crippen LogP contribution is 2.36. The molecule has 2 N–H and O–H groups in total. The number of aryl methyl sites for hydroxylation is 2. The molecule has 0 spiro atoms. The number of piperidine rings is 1. The molecule has 2 saturated heterocycles. The number of rotatable bonds is 8. The molecule has 1 aromatic carbocycles. The van der Waals surface area contributed by atoms with E-state index in [0.717, 1.165) is 90.6 Å². The molecule has 0 aliphatic carbocycles. The Morgan fingerprint density at radius 2 is 1.97 bits per heavy atom. The lowest BCUT2D eigenvalue weighted by Crippen LogP contribution is -2.27. The van der Waals surface area contributed by atoms with Gasteiger partial charge in [0.15, 0.2) is 5.58 Å². The predicted octanol–water partition coefficient (Wildman–Crippen LogP) is 4.81. The highest BCUT2D eigenvalue weighted by molar-refractivity contribution is 5.95. The number of nitrogens with zero attached hydrogens (tertiary/aromatic N) is 3. The number of fused-ring (bicyclic) bond motifs is 1. The van der Waals surface area contributed by atoms with E-state index in [1.807, 2.05) is 19.1 Å². The van der Waals surface area contributed by atoms with Crippen LogP contribution in [0.1, 0.15) is 49.4 Å². The Bertz CT molecular complexity index is 1080. The maximum atomic E-state index is 6.33. The smallest absolute Gasteiger partial charge is 0.161 e. The Morgan fingerprint density at radius 1 is 1.15 bits per heavy atom. The first kappa shape index (κ1) is 22.2. The fraction of sp³-hybridized carbons (Fsp3) is 0.538. The van der Waals surface area contributed by atoms with E-state index in [1.54, 1.807) is 7.11 Å². The van der Waals surface area contributed by atoms with Crippen molar-refractivity contribution in [2.45, 2.75) is 52.0 Å². The topological polar surface area (TPSA) is 75.5 Å². The number of benzene rings is 1. The number of likely N-dealkylation sites (tertiary alicyclic amines) is 1. The maximum Gasteiger partial charge on any atom is 0.161 e. The number of ether oxygens (including phenoxy) is 1. The second kappa shape index (κ2) is 10.1. The summed E-state index contributed by atoms with van der Waals surface area (Å²) in [5.74, 6) is 4.19. The van der Waals surface area contributed by atoms with Crippen LogP contribution in [0.4, 0.5) is 11.5 Å². The molecule has 176 valence electrons. The monoisotopic (exact) mass is 449 g/mol. The van der Waals surface area contributed by atoms with Crippen LogP contribution in [0, 0.1) is 12.8 Å². The van der Waals surface area contributed by atoms with E-state index in [-0.39, 0.29) is 0 Å². The van der Waals surface area contributed by atoms with Crippen LogP contribution in [0.25, 0.3) is 11.0 Å². The molecule has 7 nitrogen and oxygen atoms in total. The summed E-state index contributed by atoms with van der Waals surface area (Å²) in [6.07, 6.45) is 7.23. The molecule has 7 heteroatoms. The van der Waals surface area contributed by atoms with Crippen LogP contribution < -0.4 is 15.4 Å². The van der Waals surface area contributed by atoms with Gasteiger partial charge in [-0.25, -0.2) is 9.97 Å². The second-order valence-electron chi connectivity index (χ2n) is 9.40. The average molecular weight is 450 g/mol. The zero-order chi connectivity index (χ0) is 22.6. The lowest BCUT2D eigenvalue weighted by atomic mass is 9.92. The van der Waals surface area contributed by atoms with Gasteiger partial charge in [-0.05, 0) is 95.7 Å². The van der Waals surface area contributed by atoms with Gasteiger partial charge in [-0.2, -0.15) is 0 Å². The molecule has 2 aliphatic rings. The number of aromatic nitrogens is 2. The Kier molecular flexibility index (Phi) is 6.78. The summed E-state index contributed by atoms with van der Waals surface area (Å²) in [6.45, 7) is 7.35. The summed E-state index contributed by atoms with van der Waals surface area (Å²) in [5.41, 5.74) is 2.82. The molecule has 33 heavy (non-hydrogen) atoms. The first-order valence-corrected chi connectivity index (χ1v) is 12.3. The molecule has 2 aliphatic heterocycles. The Balaban J connectivity index is 1.36. The van der Waals surface area contributed by atoms with Crippen LogP contribution in [-0.4, -0.2) is 48.2 Å². The van der Waals surface area contributed by atoms with Crippen molar-refractivity contribution in [2.24, 2.45) is 5.92 Å². The Labute approximate surface area is 195 Å². The largest absolute Gasteiger partial charge is 0.496 e. The van der Waals surface area contributed by atoms with Gasteiger partial charge in [0.2, 0.25) is 0 Å². The zero-order valence-electron chi connectivity index (χ0n) is 19.8. The van der Waals surface area contributed by atoms with Gasteiger partial charge in [0.1, 0.15) is 23.2 Å². The Hall–Kier alpha value is -2.64. The molecule has 0 bridgehead atoms. The molecule has 4 heterocycles. The number of anilines is 2. The number of methoxy groups -OCH3 is 1. The molecule has 0 atom stereocenters. The summed E-state index contributed by atoms with van der Waals surface area (Å²) >= 11 is 0.